The number of hydrogen-bond donors (Lipinski definition) is 3. The van der Waals surface area contributed by atoms with Gasteiger partial charge in [-0.15, -0.1) is 0 Å². The molecule has 0 aliphatic rings. The first-order valence-electron chi connectivity index (χ1n) is 7.52. The highest BCUT2D eigenvalue weighted by atomic mass is 16.5. The van der Waals surface area contributed by atoms with Gasteiger partial charge >= 0.3 is 0 Å². The van der Waals surface area contributed by atoms with Crippen LogP contribution in [0, 0.1) is 0 Å². The van der Waals surface area contributed by atoms with Crippen molar-refractivity contribution >= 4 is 0 Å². The van der Waals surface area contributed by atoms with E-state index in [9.17, 15) is 10.2 Å². The van der Waals surface area contributed by atoms with E-state index in [1.54, 1.807) is 0 Å². The van der Waals surface area contributed by atoms with Gasteiger partial charge in [-0.3, -0.25) is 0 Å². The zero-order valence-corrected chi connectivity index (χ0v) is 12.6. The molecular weight excluding hydrogens is 278 g/mol. The van der Waals surface area contributed by atoms with E-state index in [1.807, 2.05) is 60.7 Å². The van der Waals surface area contributed by atoms with Crippen molar-refractivity contribution < 1.29 is 14.9 Å². The first-order chi connectivity index (χ1) is 10.8. The van der Waals surface area contributed by atoms with Gasteiger partial charge in [-0.2, -0.15) is 0 Å². The predicted molar refractivity (Wildman–Crippen MR) is 87.0 cm³/mol. The second-order valence-electron chi connectivity index (χ2n) is 5.26. The zero-order valence-electron chi connectivity index (χ0n) is 12.6. The van der Waals surface area contributed by atoms with E-state index in [4.69, 9.17) is 4.74 Å². The molecule has 2 rings (SSSR count). The quantitative estimate of drug-likeness (QED) is 0.659. The number of aliphatic hydroxyl groups excluding tert-OH is 2. The van der Waals surface area contributed by atoms with Crippen LogP contribution in [0.3, 0.4) is 0 Å². The first-order valence-corrected chi connectivity index (χ1v) is 7.52. The third kappa shape index (κ3) is 5.85. The Labute approximate surface area is 131 Å². The lowest BCUT2D eigenvalue weighted by Crippen LogP contribution is -2.41. The highest BCUT2D eigenvalue weighted by Gasteiger charge is 2.11. The summed E-state index contributed by atoms with van der Waals surface area (Å²) in [5, 5.41) is 22.6. The molecule has 0 spiro atoms. The van der Waals surface area contributed by atoms with E-state index in [0.29, 0.717) is 6.54 Å². The van der Waals surface area contributed by atoms with Gasteiger partial charge in [-0.1, -0.05) is 48.5 Å². The van der Waals surface area contributed by atoms with Crippen LogP contribution in [0.25, 0.3) is 0 Å². The van der Waals surface area contributed by atoms with E-state index >= 15 is 0 Å². The van der Waals surface area contributed by atoms with Crippen LogP contribution >= 0.6 is 0 Å². The first kappa shape index (κ1) is 16.5. The third-order valence-corrected chi connectivity index (χ3v) is 3.37. The summed E-state index contributed by atoms with van der Waals surface area (Å²) in [6.45, 7) is 0.631. The summed E-state index contributed by atoms with van der Waals surface area (Å²) < 4.78 is 5.50. The average Bonchev–Trinajstić information content (AvgIpc) is 2.58. The van der Waals surface area contributed by atoms with Crippen molar-refractivity contribution in [3.8, 4) is 5.75 Å². The third-order valence-electron chi connectivity index (χ3n) is 3.37. The van der Waals surface area contributed by atoms with E-state index in [-0.39, 0.29) is 19.3 Å². The Morgan fingerprint density at radius 1 is 0.955 bits per heavy atom. The van der Waals surface area contributed by atoms with E-state index in [1.165, 1.54) is 0 Å². The van der Waals surface area contributed by atoms with Crippen molar-refractivity contribution in [1.82, 2.24) is 5.32 Å². The lowest BCUT2D eigenvalue weighted by molar-refractivity contribution is 0.0997. The maximum atomic E-state index is 9.95. The Bertz CT molecular complexity index is 518. The van der Waals surface area contributed by atoms with E-state index < -0.39 is 6.10 Å². The number of benzene rings is 2. The normalized spacial score (nSPS) is 13.5. The molecule has 2 unspecified atom stereocenters. The number of rotatable bonds is 9. The molecule has 3 N–H and O–H groups in total. The summed E-state index contributed by atoms with van der Waals surface area (Å²) in [6, 6.07) is 19.3. The Balaban J connectivity index is 1.70. The lowest BCUT2D eigenvalue weighted by atomic mass is 10.1. The number of ether oxygens (including phenoxy) is 1. The minimum absolute atomic E-state index is 0.0289. The summed E-state index contributed by atoms with van der Waals surface area (Å²) in [7, 11) is 0. The lowest BCUT2D eigenvalue weighted by Gasteiger charge is -2.19. The smallest absolute Gasteiger partial charge is 0.119 e. The SMILES string of the molecule is OCC(Cc1ccccc1)NCC(O)COc1ccccc1. The molecule has 0 heterocycles. The fourth-order valence-electron chi connectivity index (χ4n) is 2.17. The number of para-hydroxylation sites is 1. The molecule has 0 fully saturated rings. The van der Waals surface area contributed by atoms with Gasteiger partial charge in [0.1, 0.15) is 18.5 Å². The van der Waals surface area contributed by atoms with Gasteiger partial charge in [-0.25, -0.2) is 0 Å². The summed E-state index contributed by atoms with van der Waals surface area (Å²) >= 11 is 0. The van der Waals surface area contributed by atoms with Crippen LogP contribution in [0.4, 0.5) is 0 Å². The summed E-state index contributed by atoms with van der Waals surface area (Å²) in [5.41, 5.74) is 1.16. The topological polar surface area (TPSA) is 61.7 Å². The van der Waals surface area contributed by atoms with Crippen LogP contribution in [0.1, 0.15) is 5.56 Å². The maximum absolute atomic E-state index is 9.95. The Kier molecular flexibility index (Phi) is 6.90. The largest absolute Gasteiger partial charge is 0.491 e. The molecule has 2 aromatic carbocycles. The minimum Gasteiger partial charge on any atom is -0.491 e. The fraction of sp³-hybridized carbons (Fsp3) is 0.333. The minimum atomic E-state index is -0.620. The second-order valence-corrected chi connectivity index (χ2v) is 5.26. The second kappa shape index (κ2) is 9.20. The van der Waals surface area contributed by atoms with Crippen molar-refractivity contribution in [2.75, 3.05) is 19.8 Å². The molecule has 118 valence electrons. The molecule has 0 aromatic heterocycles. The summed E-state index contributed by atoms with van der Waals surface area (Å²) in [4.78, 5) is 0. The molecule has 2 atom stereocenters. The van der Waals surface area contributed by atoms with Crippen LogP contribution in [0.2, 0.25) is 0 Å². The molecule has 0 aliphatic carbocycles. The molecule has 0 saturated carbocycles. The van der Waals surface area contributed by atoms with Crippen LogP contribution in [-0.2, 0) is 6.42 Å². The Morgan fingerprint density at radius 3 is 2.23 bits per heavy atom. The van der Waals surface area contributed by atoms with E-state index in [2.05, 4.69) is 5.32 Å². The van der Waals surface area contributed by atoms with Gasteiger partial charge in [0.2, 0.25) is 0 Å². The van der Waals surface area contributed by atoms with Gasteiger partial charge in [-0.05, 0) is 24.1 Å². The molecular formula is C18H23NO3. The summed E-state index contributed by atoms with van der Waals surface area (Å²) in [6.07, 6.45) is 0.105. The van der Waals surface area contributed by atoms with Crippen molar-refractivity contribution in [3.05, 3.63) is 66.2 Å². The number of aliphatic hydroxyl groups is 2. The number of nitrogens with one attached hydrogen (secondary N) is 1. The zero-order chi connectivity index (χ0) is 15.6. The van der Waals surface area contributed by atoms with Crippen LogP contribution in [0.5, 0.6) is 5.75 Å². The highest BCUT2D eigenvalue weighted by Crippen LogP contribution is 2.08. The van der Waals surface area contributed by atoms with Gasteiger partial charge in [0.25, 0.3) is 0 Å². The average molecular weight is 301 g/mol. The monoisotopic (exact) mass is 301 g/mol. The van der Waals surface area contributed by atoms with Crippen LogP contribution in [-0.4, -0.2) is 42.1 Å². The standard InChI is InChI=1S/C18H23NO3/c20-13-16(11-15-7-3-1-4-8-15)19-12-17(21)14-22-18-9-5-2-6-10-18/h1-10,16-17,19-21H,11-14H2. The molecule has 0 saturated heterocycles. The maximum Gasteiger partial charge on any atom is 0.119 e. The molecule has 2 aromatic rings. The molecule has 0 amide bonds. The molecule has 0 bridgehead atoms. The summed E-state index contributed by atoms with van der Waals surface area (Å²) in [5.74, 6) is 0.740. The predicted octanol–water partition coefficient (Wildman–Crippen LogP) is 1.62. The molecule has 22 heavy (non-hydrogen) atoms. The molecule has 0 aliphatic heterocycles. The fourth-order valence-corrected chi connectivity index (χ4v) is 2.17. The Hall–Kier alpha value is -1.88. The Morgan fingerprint density at radius 2 is 1.59 bits per heavy atom. The van der Waals surface area contributed by atoms with Gasteiger partial charge in [0.05, 0.1) is 6.61 Å². The van der Waals surface area contributed by atoms with Crippen LogP contribution in [0.15, 0.2) is 60.7 Å². The highest BCUT2D eigenvalue weighted by molar-refractivity contribution is 5.21. The molecule has 4 nitrogen and oxygen atoms in total. The molecule has 4 heteroatoms. The van der Waals surface area contributed by atoms with Gasteiger partial charge in [0, 0.05) is 12.6 Å². The van der Waals surface area contributed by atoms with Crippen LogP contribution < -0.4 is 10.1 Å². The van der Waals surface area contributed by atoms with Crippen molar-refractivity contribution in [2.24, 2.45) is 0 Å². The van der Waals surface area contributed by atoms with Gasteiger partial charge in [0.15, 0.2) is 0 Å². The molecule has 0 radical (unpaired) electrons. The van der Waals surface area contributed by atoms with Gasteiger partial charge < -0.3 is 20.3 Å². The van der Waals surface area contributed by atoms with Crippen molar-refractivity contribution in [3.63, 3.8) is 0 Å². The number of hydrogen-bond acceptors (Lipinski definition) is 4. The van der Waals surface area contributed by atoms with Crippen molar-refractivity contribution in [1.29, 1.82) is 0 Å². The van der Waals surface area contributed by atoms with E-state index in [0.717, 1.165) is 17.7 Å². The van der Waals surface area contributed by atoms with Crippen molar-refractivity contribution in [2.45, 2.75) is 18.6 Å².